The summed E-state index contributed by atoms with van der Waals surface area (Å²) >= 11 is 0. The van der Waals surface area contributed by atoms with Crippen molar-refractivity contribution in [2.24, 2.45) is 0 Å². The van der Waals surface area contributed by atoms with Crippen molar-refractivity contribution >= 4 is 29.2 Å². The summed E-state index contributed by atoms with van der Waals surface area (Å²) in [6.45, 7) is 3.80. The van der Waals surface area contributed by atoms with E-state index >= 15 is 0 Å². The highest BCUT2D eigenvalue weighted by molar-refractivity contribution is 7.74. The summed E-state index contributed by atoms with van der Waals surface area (Å²) in [4.78, 5) is 19.4. The van der Waals surface area contributed by atoms with E-state index in [0.717, 1.165) is 4.31 Å². The molecule has 0 spiro atoms. The maximum atomic E-state index is 13.2. The molecule has 2 rings (SSSR count). The first-order valence-electron chi connectivity index (χ1n) is 7.53. The summed E-state index contributed by atoms with van der Waals surface area (Å²) < 4.78 is 36.8. The third-order valence-corrected chi connectivity index (χ3v) is 4.17. The summed E-state index contributed by atoms with van der Waals surface area (Å²) in [5, 5.41) is 0. The fraction of sp³-hybridized carbons (Fsp3) is 0.235. The molecule has 2 aromatic rings. The number of carbonyl (C=O) groups is 1. The lowest BCUT2D eigenvalue weighted by atomic mass is 9.98. The molecule has 0 aliphatic rings. The normalized spacial score (nSPS) is 11.4. The molecule has 0 fully saturated rings. The zero-order valence-corrected chi connectivity index (χ0v) is 14.9. The molecule has 0 bridgehead atoms. The van der Waals surface area contributed by atoms with Gasteiger partial charge in [-0.2, -0.15) is 0 Å². The predicted molar refractivity (Wildman–Crippen MR) is 95.3 cm³/mol. The summed E-state index contributed by atoms with van der Waals surface area (Å²) in [6, 6.07) is 5.66. The quantitative estimate of drug-likeness (QED) is 0.485. The molecule has 25 heavy (non-hydrogen) atoms. The van der Waals surface area contributed by atoms with E-state index < -0.39 is 16.7 Å². The van der Waals surface area contributed by atoms with E-state index in [0.29, 0.717) is 28.8 Å². The number of aldehydes is 1. The molecule has 0 aliphatic carbocycles. The van der Waals surface area contributed by atoms with E-state index in [2.05, 4.69) is 9.97 Å². The Morgan fingerprint density at radius 3 is 2.32 bits per heavy atom. The van der Waals surface area contributed by atoms with Crippen molar-refractivity contribution in [2.45, 2.75) is 19.8 Å². The van der Waals surface area contributed by atoms with E-state index in [1.807, 2.05) is 13.8 Å². The summed E-state index contributed by atoms with van der Waals surface area (Å²) in [7, 11) is -1.55. The fourth-order valence-electron chi connectivity index (χ4n) is 2.26. The number of nitrogens with zero attached hydrogens (tertiary/aromatic N) is 3. The number of benzene rings is 1. The highest BCUT2D eigenvalue weighted by atomic mass is 32.2. The van der Waals surface area contributed by atoms with Crippen molar-refractivity contribution in [3.05, 3.63) is 47.4 Å². The van der Waals surface area contributed by atoms with E-state index in [1.54, 1.807) is 18.2 Å². The number of hydrogen-bond donors (Lipinski definition) is 1. The molecule has 0 N–H and O–H groups in total. The van der Waals surface area contributed by atoms with Gasteiger partial charge in [-0.25, -0.2) is 27.1 Å². The van der Waals surface area contributed by atoms with Gasteiger partial charge in [0.15, 0.2) is 0 Å². The number of hydrogen-bond acceptors (Lipinski definition) is 5. The fourth-order valence-corrected chi connectivity index (χ4v) is 2.50. The number of thiol groups is 1. The molecule has 0 saturated heterocycles. The summed E-state index contributed by atoms with van der Waals surface area (Å²) in [6.07, 6.45) is 3.52. The first-order valence-corrected chi connectivity index (χ1v) is 8.66. The number of carbonyl (C=O) groups excluding carboxylic acids is 1. The van der Waals surface area contributed by atoms with Crippen molar-refractivity contribution in [3.8, 4) is 11.3 Å². The van der Waals surface area contributed by atoms with Crippen molar-refractivity contribution in [1.29, 1.82) is 0 Å². The highest BCUT2D eigenvalue weighted by Gasteiger charge is 2.19. The Hall–Kier alpha value is -2.61. The Morgan fingerprint density at radius 1 is 1.16 bits per heavy atom. The molecule has 0 unspecified atom stereocenters. The molecular weight excluding hydrogens is 345 g/mol. The van der Waals surface area contributed by atoms with Gasteiger partial charge in [-0.3, -0.25) is 4.79 Å². The van der Waals surface area contributed by atoms with Gasteiger partial charge < -0.3 is 0 Å². The minimum atomic E-state index is -2.90. The van der Waals surface area contributed by atoms with Crippen molar-refractivity contribution < 1.29 is 17.6 Å². The number of anilines is 1. The number of allylic oxidation sites excluding steroid dienone is 1. The molecule has 1 aromatic heterocycles. The van der Waals surface area contributed by atoms with Gasteiger partial charge >= 0.3 is 0 Å². The van der Waals surface area contributed by atoms with E-state index in [-0.39, 0.29) is 11.9 Å². The Balaban J connectivity index is 2.81. The molecule has 0 saturated carbocycles. The van der Waals surface area contributed by atoms with Crippen LogP contribution in [0.1, 0.15) is 31.0 Å². The molecule has 6 nitrogen and oxygen atoms in total. The molecule has 132 valence electrons. The predicted octanol–water partition coefficient (Wildman–Crippen LogP) is 2.58. The molecule has 0 atom stereocenters. The Labute approximate surface area is 147 Å². The maximum Gasteiger partial charge on any atom is 0.239 e. The zero-order valence-electron chi connectivity index (χ0n) is 14.0. The molecule has 0 amide bonds. The molecule has 0 radical (unpaired) electrons. The van der Waals surface area contributed by atoms with Crippen molar-refractivity contribution in [3.63, 3.8) is 0 Å². The number of halogens is 1. The Bertz CT molecular complexity index is 869. The van der Waals surface area contributed by atoms with Crippen LogP contribution in [0, 0.1) is 5.82 Å². The second kappa shape index (κ2) is 7.98. The topological polar surface area (TPSA) is 80.2 Å². The van der Waals surface area contributed by atoms with Crippen LogP contribution in [0.4, 0.5) is 10.3 Å². The smallest absolute Gasteiger partial charge is 0.239 e. The standard InChI is InChI=1S/C17H18FN3O3S/c1-11(2)15-14(5-4-10-22)16(12-6-8-13(18)9-7-12)20-17(19-15)21(3)25(23)24/h4-11,25H,1-3H3. The molecular formula is C17H18FN3O3S. The van der Waals surface area contributed by atoms with Gasteiger partial charge in [0.2, 0.25) is 16.8 Å². The monoisotopic (exact) mass is 363 g/mol. The van der Waals surface area contributed by atoms with Crippen LogP contribution in [0.2, 0.25) is 0 Å². The average Bonchev–Trinajstić information content (AvgIpc) is 2.59. The first kappa shape index (κ1) is 18.7. The van der Waals surface area contributed by atoms with Crippen LogP contribution < -0.4 is 4.31 Å². The third kappa shape index (κ3) is 4.27. The first-order chi connectivity index (χ1) is 11.8. The Morgan fingerprint density at radius 2 is 1.80 bits per heavy atom. The van der Waals surface area contributed by atoms with Crippen molar-refractivity contribution in [1.82, 2.24) is 9.97 Å². The van der Waals surface area contributed by atoms with E-state index in [4.69, 9.17) is 0 Å². The zero-order chi connectivity index (χ0) is 18.6. The molecule has 1 heterocycles. The molecule has 0 aliphatic heterocycles. The maximum absolute atomic E-state index is 13.2. The van der Waals surface area contributed by atoms with Gasteiger partial charge in [0.25, 0.3) is 0 Å². The number of rotatable bonds is 6. The van der Waals surface area contributed by atoms with E-state index in [9.17, 15) is 17.6 Å². The minimum Gasteiger partial charge on any atom is -0.299 e. The van der Waals surface area contributed by atoms with E-state index in [1.165, 1.54) is 25.3 Å². The number of aromatic nitrogens is 2. The average molecular weight is 363 g/mol. The van der Waals surface area contributed by atoms with Gasteiger partial charge in [0.05, 0.1) is 11.4 Å². The van der Waals surface area contributed by atoms with Crippen LogP contribution in [-0.2, 0) is 15.7 Å². The van der Waals surface area contributed by atoms with Crippen LogP contribution in [0.15, 0.2) is 30.3 Å². The Kier molecular flexibility index (Phi) is 5.97. The lowest BCUT2D eigenvalue weighted by molar-refractivity contribution is -0.104. The van der Waals surface area contributed by atoms with Crippen LogP contribution in [0.3, 0.4) is 0 Å². The van der Waals surface area contributed by atoms with Crippen LogP contribution in [-0.4, -0.2) is 31.7 Å². The van der Waals surface area contributed by atoms with Gasteiger partial charge in [-0.1, -0.05) is 13.8 Å². The third-order valence-electron chi connectivity index (χ3n) is 3.50. The van der Waals surface area contributed by atoms with Gasteiger partial charge in [-0.05, 0) is 42.3 Å². The van der Waals surface area contributed by atoms with Gasteiger partial charge in [0.1, 0.15) is 12.1 Å². The lowest BCUT2D eigenvalue weighted by Gasteiger charge is -2.18. The van der Waals surface area contributed by atoms with Gasteiger partial charge in [-0.15, -0.1) is 0 Å². The minimum absolute atomic E-state index is 0.0161. The second-order valence-electron chi connectivity index (χ2n) is 5.59. The largest absolute Gasteiger partial charge is 0.299 e. The van der Waals surface area contributed by atoms with Crippen LogP contribution in [0.5, 0.6) is 0 Å². The molecule has 8 heteroatoms. The van der Waals surface area contributed by atoms with Crippen LogP contribution in [0.25, 0.3) is 17.3 Å². The highest BCUT2D eigenvalue weighted by Crippen LogP contribution is 2.31. The SMILES string of the molecule is CC(C)c1nc(N(C)[SH](=O)=O)nc(-c2ccc(F)cc2)c1C=CC=O. The lowest BCUT2D eigenvalue weighted by Crippen LogP contribution is -2.19. The summed E-state index contributed by atoms with van der Waals surface area (Å²) in [5.41, 5.74) is 2.20. The molecule has 1 aromatic carbocycles. The summed E-state index contributed by atoms with van der Waals surface area (Å²) in [5.74, 6) is -0.431. The van der Waals surface area contributed by atoms with Crippen LogP contribution >= 0.6 is 0 Å². The van der Waals surface area contributed by atoms with Gasteiger partial charge in [0, 0.05) is 18.2 Å². The van der Waals surface area contributed by atoms with Crippen molar-refractivity contribution in [2.75, 3.05) is 11.4 Å². The second-order valence-corrected chi connectivity index (χ2v) is 6.67.